The first kappa shape index (κ1) is 12.6. The number of tetrazole rings is 1. The first-order valence-corrected chi connectivity index (χ1v) is 5.19. The topological polar surface area (TPSA) is 113 Å². The summed E-state index contributed by atoms with van der Waals surface area (Å²) < 4.78 is 5.73. The number of carbonyl (C=O) groups excluding carboxylic acids is 1. The molecule has 98 valence electrons. The van der Waals surface area contributed by atoms with Crippen LogP contribution in [0.25, 0.3) is 11.4 Å². The molecular weight excluding hydrogens is 254 g/mol. The molecule has 0 spiro atoms. The van der Waals surface area contributed by atoms with Gasteiger partial charge in [-0.1, -0.05) is 12.1 Å². The van der Waals surface area contributed by atoms with E-state index in [2.05, 4.69) is 20.3 Å². The molecule has 0 radical (unpaired) electrons. The minimum absolute atomic E-state index is 0.0786. The summed E-state index contributed by atoms with van der Waals surface area (Å²) >= 11 is 0. The molecule has 0 bridgehead atoms. The van der Waals surface area contributed by atoms with Gasteiger partial charge in [0.2, 0.25) is 0 Å². The minimum Gasteiger partial charge on any atom is -0.468 e. The lowest BCUT2D eigenvalue weighted by Gasteiger charge is -2.03. The van der Waals surface area contributed by atoms with Gasteiger partial charge in [-0.15, -0.1) is 5.10 Å². The average Bonchev–Trinajstić information content (AvgIpc) is 2.86. The van der Waals surface area contributed by atoms with Gasteiger partial charge < -0.3 is 4.74 Å². The van der Waals surface area contributed by atoms with E-state index in [0.717, 1.165) is 0 Å². The van der Waals surface area contributed by atoms with Gasteiger partial charge in [-0.3, -0.25) is 14.9 Å². The Balaban J connectivity index is 2.37. The zero-order valence-electron chi connectivity index (χ0n) is 9.89. The summed E-state index contributed by atoms with van der Waals surface area (Å²) in [5.74, 6) is -0.256. The number of carbonyl (C=O) groups is 1. The van der Waals surface area contributed by atoms with Crippen molar-refractivity contribution in [1.29, 1.82) is 0 Å². The molecule has 0 atom stereocenters. The van der Waals surface area contributed by atoms with Crippen molar-refractivity contribution in [3.63, 3.8) is 0 Å². The normalized spacial score (nSPS) is 10.2. The molecule has 0 aliphatic heterocycles. The van der Waals surface area contributed by atoms with Gasteiger partial charge in [0.25, 0.3) is 5.69 Å². The van der Waals surface area contributed by atoms with E-state index >= 15 is 0 Å². The van der Waals surface area contributed by atoms with Crippen LogP contribution in [0.2, 0.25) is 0 Å². The average molecular weight is 263 g/mol. The van der Waals surface area contributed by atoms with Crippen LogP contribution in [0.1, 0.15) is 0 Å². The first-order chi connectivity index (χ1) is 9.11. The van der Waals surface area contributed by atoms with Crippen LogP contribution >= 0.6 is 0 Å². The highest BCUT2D eigenvalue weighted by atomic mass is 16.6. The third-order valence-electron chi connectivity index (χ3n) is 2.35. The van der Waals surface area contributed by atoms with Crippen molar-refractivity contribution in [3.8, 4) is 11.4 Å². The highest BCUT2D eigenvalue weighted by Crippen LogP contribution is 2.21. The maximum atomic E-state index is 11.2. The quantitative estimate of drug-likeness (QED) is 0.446. The Bertz CT molecular complexity index is 624. The van der Waals surface area contributed by atoms with Crippen molar-refractivity contribution in [2.24, 2.45) is 0 Å². The lowest BCUT2D eigenvalue weighted by Crippen LogP contribution is -2.14. The van der Waals surface area contributed by atoms with Crippen molar-refractivity contribution in [2.75, 3.05) is 7.11 Å². The Labute approximate surface area is 106 Å². The minimum atomic E-state index is -0.516. The Morgan fingerprint density at radius 1 is 1.53 bits per heavy atom. The number of nitro groups is 1. The Morgan fingerprint density at radius 2 is 2.32 bits per heavy atom. The van der Waals surface area contributed by atoms with Gasteiger partial charge in [0.1, 0.15) is 6.54 Å². The number of benzene rings is 1. The lowest BCUT2D eigenvalue weighted by atomic mass is 10.2. The van der Waals surface area contributed by atoms with Gasteiger partial charge in [0, 0.05) is 17.7 Å². The first-order valence-electron chi connectivity index (χ1n) is 5.19. The largest absolute Gasteiger partial charge is 0.468 e. The smallest absolute Gasteiger partial charge is 0.327 e. The molecule has 1 aromatic heterocycles. The van der Waals surface area contributed by atoms with Crippen molar-refractivity contribution in [2.45, 2.75) is 6.54 Å². The number of methoxy groups -OCH3 is 1. The van der Waals surface area contributed by atoms with Crippen LogP contribution in [0.3, 0.4) is 0 Å². The monoisotopic (exact) mass is 263 g/mol. The Morgan fingerprint density at radius 3 is 3.00 bits per heavy atom. The second-order valence-corrected chi connectivity index (χ2v) is 3.54. The van der Waals surface area contributed by atoms with Crippen LogP contribution < -0.4 is 0 Å². The summed E-state index contributed by atoms with van der Waals surface area (Å²) in [4.78, 5) is 21.4. The Kier molecular flexibility index (Phi) is 3.46. The van der Waals surface area contributed by atoms with E-state index in [1.165, 1.54) is 30.0 Å². The highest BCUT2D eigenvalue weighted by molar-refractivity contribution is 5.70. The van der Waals surface area contributed by atoms with Crippen LogP contribution in [0, 0.1) is 10.1 Å². The molecule has 9 nitrogen and oxygen atoms in total. The predicted molar refractivity (Wildman–Crippen MR) is 61.9 cm³/mol. The maximum Gasteiger partial charge on any atom is 0.327 e. The molecule has 0 saturated carbocycles. The molecule has 1 aromatic carbocycles. The summed E-state index contributed by atoms with van der Waals surface area (Å²) in [6.07, 6.45) is 0. The molecule has 0 aliphatic carbocycles. The number of hydrogen-bond donors (Lipinski definition) is 0. The van der Waals surface area contributed by atoms with Crippen LogP contribution in [0.5, 0.6) is 0 Å². The van der Waals surface area contributed by atoms with E-state index in [1.807, 2.05) is 0 Å². The van der Waals surface area contributed by atoms with E-state index in [0.29, 0.717) is 5.56 Å². The number of esters is 1. The van der Waals surface area contributed by atoms with Gasteiger partial charge >= 0.3 is 5.97 Å². The van der Waals surface area contributed by atoms with E-state index in [-0.39, 0.29) is 18.1 Å². The van der Waals surface area contributed by atoms with Gasteiger partial charge in [-0.05, 0) is 10.4 Å². The molecule has 0 amide bonds. The van der Waals surface area contributed by atoms with Crippen molar-refractivity contribution >= 4 is 11.7 Å². The van der Waals surface area contributed by atoms with E-state index in [4.69, 9.17) is 0 Å². The molecule has 0 saturated heterocycles. The number of rotatable bonds is 4. The standard InChI is InChI=1S/C10H9N5O4/c1-19-9(16)6-14-10(11-12-13-14)7-3-2-4-8(5-7)15(17)18/h2-5H,6H2,1H3. The van der Waals surface area contributed by atoms with E-state index in [9.17, 15) is 14.9 Å². The maximum absolute atomic E-state index is 11.2. The summed E-state index contributed by atoms with van der Waals surface area (Å²) in [7, 11) is 1.25. The summed E-state index contributed by atoms with van der Waals surface area (Å²) in [6.45, 7) is -0.165. The van der Waals surface area contributed by atoms with Crippen LogP contribution in [-0.4, -0.2) is 38.2 Å². The predicted octanol–water partition coefficient (Wildman–Crippen LogP) is 0.421. The van der Waals surface area contributed by atoms with E-state index in [1.54, 1.807) is 6.07 Å². The molecule has 19 heavy (non-hydrogen) atoms. The van der Waals surface area contributed by atoms with E-state index < -0.39 is 10.9 Å². The number of nitrogens with zero attached hydrogens (tertiary/aromatic N) is 5. The summed E-state index contributed by atoms with van der Waals surface area (Å²) in [5, 5.41) is 21.5. The molecule has 1 heterocycles. The molecule has 0 fully saturated rings. The highest BCUT2D eigenvalue weighted by Gasteiger charge is 2.15. The molecule has 9 heteroatoms. The molecule has 0 unspecified atom stereocenters. The fourth-order valence-electron chi connectivity index (χ4n) is 1.46. The lowest BCUT2D eigenvalue weighted by molar-refractivity contribution is -0.384. The SMILES string of the molecule is COC(=O)Cn1nnnc1-c1cccc([N+](=O)[O-])c1. The zero-order valence-corrected chi connectivity index (χ0v) is 9.89. The summed E-state index contributed by atoms with van der Waals surface area (Å²) in [6, 6.07) is 5.83. The number of aromatic nitrogens is 4. The fraction of sp³-hybridized carbons (Fsp3) is 0.200. The van der Waals surface area contributed by atoms with Gasteiger partial charge in [-0.25, -0.2) is 4.68 Å². The number of non-ortho nitro benzene ring substituents is 1. The third kappa shape index (κ3) is 2.70. The number of hydrogen-bond acceptors (Lipinski definition) is 7. The van der Waals surface area contributed by atoms with Crippen LogP contribution in [-0.2, 0) is 16.1 Å². The van der Waals surface area contributed by atoms with Gasteiger partial charge in [0.15, 0.2) is 5.82 Å². The second kappa shape index (κ2) is 5.21. The fourth-order valence-corrected chi connectivity index (χ4v) is 1.46. The second-order valence-electron chi connectivity index (χ2n) is 3.54. The molecule has 2 rings (SSSR count). The number of ether oxygens (including phenoxy) is 1. The molecule has 2 aromatic rings. The molecular formula is C10H9N5O4. The third-order valence-corrected chi connectivity index (χ3v) is 2.35. The van der Waals surface area contributed by atoms with Crippen LogP contribution in [0.4, 0.5) is 5.69 Å². The van der Waals surface area contributed by atoms with Gasteiger partial charge in [0.05, 0.1) is 12.0 Å². The molecule has 0 N–H and O–H groups in total. The molecule has 0 aliphatic rings. The summed E-state index contributed by atoms with van der Waals surface area (Å²) in [5.41, 5.74) is 0.369. The Hall–Kier alpha value is -2.84. The zero-order chi connectivity index (χ0) is 13.8. The van der Waals surface area contributed by atoms with Crippen LogP contribution in [0.15, 0.2) is 24.3 Å². The van der Waals surface area contributed by atoms with Crippen molar-refractivity contribution in [3.05, 3.63) is 34.4 Å². The van der Waals surface area contributed by atoms with Crippen molar-refractivity contribution in [1.82, 2.24) is 20.2 Å². The van der Waals surface area contributed by atoms with Gasteiger partial charge in [-0.2, -0.15) is 0 Å². The number of nitro benzene ring substituents is 1. The van der Waals surface area contributed by atoms with Crippen molar-refractivity contribution < 1.29 is 14.5 Å².